The summed E-state index contributed by atoms with van der Waals surface area (Å²) in [6, 6.07) is 3.25. The Morgan fingerprint density at radius 3 is 2.62 bits per heavy atom. The molecule has 0 bridgehead atoms. The first-order chi connectivity index (χ1) is 9.82. The lowest BCUT2D eigenvalue weighted by atomic mass is 10.1. The fourth-order valence-electron chi connectivity index (χ4n) is 1.47. The summed E-state index contributed by atoms with van der Waals surface area (Å²) in [5.41, 5.74) is -1.53. The highest BCUT2D eigenvalue weighted by Crippen LogP contribution is 2.38. The molecule has 0 atom stereocenters. The minimum atomic E-state index is -4.63. The third-order valence-corrected chi connectivity index (χ3v) is 3.65. The molecule has 0 spiro atoms. The molecule has 2 aromatic rings. The molecule has 21 heavy (non-hydrogen) atoms. The van der Waals surface area contributed by atoms with Crippen LogP contribution in [0.5, 0.6) is 0 Å². The minimum Gasteiger partial charge on any atom is -0.363 e. The van der Waals surface area contributed by atoms with Crippen molar-refractivity contribution in [2.45, 2.75) is 6.18 Å². The molecule has 1 aromatic carbocycles. The molecule has 5 nitrogen and oxygen atoms in total. The van der Waals surface area contributed by atoms with Gasteiger partial charge in [0, 0.05) is 7.05 Å². The molecule has 0 aliphatic heterocycles. The number of rotatable bonds is 3. The van der Waals surface area contributed by atoms with E-state index >= 15 is 0 Å². The van der Waals surface area contributed by atoms with Gasteiger partial charge in [-0.3, -0.25) is 4.79 Å². The number of para-hydroxylation sites is 1. The number of halogens is 4. The van der Waals surface area contributed by atoms with Crippen molar-refractivity contribution in [1.29, 1.82) is 0 Å². The molecule has 0 saturated heterocycles. The third-order valence-electron chi connectivity index (χ3n) is 2.39. The van der Waals surface area contributed by atoms with Crippen LogP contribution in [0.4, 0.5) is 24.0 Å². The summed E-state index contributed by atoms with van der Waals surface area (Å²) in [5.74, 6) is -0.812. The Kier molecular flexibility index (Phi) is 4.33. The van der Waals surface area contributed by atoms with Gasteiger partial charge in [0.05, 0.1) is 16.3 Å². The van der Waals surface area contributed by atoms with Crippen molar-refractivity contribution < 1.29 is 18.0 Å². The average Bonchev–Trinajstić information content (AvgIpc) is 2.88. The van der Waals surface area contributed by atoms with Crippen molar-refractivity contribution in [2.75, 3.05) is 17.7 Å². The van der Waals surface area contributed by atoms with E-state index in [-0.39, 0.29) is 10.0 Å². The maximum atomic E-state index is 12.9. The predicted octanol–water partition coefficient (Wildman–Crippen LogP) is 3.50. The summed E-state index contributed by atoms with van der Waals surface area (Å²) in [4.78, 5) is 11.9. The fourth-order valence-corrected chi connectivity index (χ4v) is 2.28. The van der Waals surface area contributed by atoms with Gasteiger partial charge in [0.2, 0.25) is 10.1 Å². The van der Waals surface area contributed by atoms with Crippen molar-refractivity contribution in [3.63, 3.8) is 0 Å². The topological polar surface area (TPSA) is 66.9 Å². The number of hydrogen-bond donors (Lipinski definition) is 2. The van der Waals surface area contributed by atoms with E-state index in [2.05, 4.69) is 20.8 Å². The number of anilines is 2. The number of nitrogens with one attached hydrogen (secondary N) is 2. The number of carbonyl (C=O) groups excluding carboxylic acids is 1. The highest BCUT2D eigenvalue weighted by molar-refractivity contribution is 7.17. The zero-order valence-electron chi connectivity index (χ0n) is 10.5. The number of carbonyl (C=O) groups is 1. The monoisotopic (exact) mass is 336 g/mol. The second-order valence-corrected chi connectivity index (χ2v) is 5.16. The van der Waals surface area contributed by atoms with E-state index in [9.17, 15) is 18.0 Å². The lowest BCUT2D eigenvalue weighted by Crippen LogP contribution is -2.17. The molecular weight excluding hydrogens is 329 g/mol. The van der Waals surface area contributed by atoms with Crippen molar-refractivity contribution >= 4 is 39.7 Å². The normalized spacial score (nSPS) is 11.3. The molecule has 1 amide bonds. The second-order valence-electron chi connectivity index (χ2n) is 3.78. The Morgan fingerprint density at radius 2 is 2.05 bits per heavy atom. The van der Waals surface area contributed by atoms with Crippen LogP contribution in [0.1, 0.15) is 15.4 Å². The zero-order chi connectivity index (χ0) is 15.6. The quantitative estimate of drug-likeness (QED) is 0.900. The molecule has 10 heteroatoms. The van der Waals surface area contributed by atoms with E-state index in [1.807, 2.05) is 0 Å². The summed E-state index contributed by atoms with van der Waals surface area (Å²) in [5, 5.41) is 12.1. The Hall–Kier alpha value is -1.87. The number of benzene rings is 1. The van der Waals surface area contributed by atoms with Crippen LogP contribution in [0.15, 0.2) is 18.2 Å². The van der Waals surface area contributed by atoms with Gasteiger partial charge in [-0.05, 0) is 12.1 Å². The van der Waals surface area contributed by atoms with Gasteiger partial charge in [0.15, 0.2) is 0 Å². The number of aromatic nitrogens is 2. The Labute approximate surface area is 126 Å². The molecule has 1 heterocycles. The van der Waals surface area contributed by atoms with Gasteiger partial charge in [-0.2, -0.15) is 13.2 Å². The molecule has 0 radical (unpaired) electrons. The van der Waals surface area contributed by atoms with Gasteiger partial charge in [-0.1, -0.05) is 29.0 Å². The molecular formula is C11H8ClF3N4OS. The third kappa shape index (κ3) is 3.42. The summed E-state index contributed by atoms with van der Waals surface area (Å²) in [6.45, 7) is 0. The predicted molar refractivity (Wildman–Crippen MR) is 73.9 cm³/mol. The summed E-state index contributed by atoms with van der Waals surface area (Å²) in [7, 11) is 1.58. The molecule has 2 rings (SSSR count). The first-order valence-corrected chi connectivity index (χ1v) is 6.70. The van der Waals surface area contributed by atoms with E-state index in [0.29, 0.717) is 5.13 Å². The first-order valence-electron chi connectivity index (χ1n) is 5.51. The van der Waals surface area contributed by atoms with E-state index < -0.39 is 23.3 Å². The molecule has 0 unspecified atom stereocenters. The lowest BCUT2D eigenvalue weighted by molar-refractivity contribution is -0.136. The van der Waals surface area contributed by atoms with Crippen LogP contribution < -0.4 is 10.6 Å². The van der Waals surface area contributed by atoms with E-state index in [1.165, 1.54) is 6.07 Å². The zero-order valence-corrected chi connectivity index (χ0v) is 12.0. The summed E-state index contributed by atoms with van der Waals surface area (Å²) >= 11 is 6.65. The maximum absolute atomic E-state index is 12.9. The highest BCUT2D eigenvalue weighted by Gasteiger charge is 2.35. The number of hydrogen-bond acceptors (Lipinski definition) is 5. The molecule has 0 fully saturated rings. The van der Waals surface area contributed by atoms with E-state index in [0.717, 1.165) is 23.5 Å². The van der Waals surface area contributed by atoms with Crippen molar-refractivity contribution in [3.05, 3.63) is 33.8 Å². The number of alkyl halides is 3. The first kappa shape index (κ1) is 15.5. The van der Waals surface area contributed by atoms with Crippen molar-refractivity contribution in [1.82, 2.24) is 10.2 Å². The van der Waals surface area contributed by atoms with Crippen LogP contribution in [-0.4, -0.2) is 23.2 Å². The van der Waals surface area contributed by atoms with Crippen LogP contribution in [0.3, 0.4) is 0 Å². The van der Waals surface area contributed by atoms with Gasteiger partial charge in [0.1, 0.15) is 0 Å². The van der Waals surface area contributed by atoms with Crippen LogP contribution >= 0.6 is 22.9 Å². The van der Waals surface area contributed by atoms with Gasteiger partial charge in [0.25, 0.3) is 5.91 Å². The SMILES string of the molecule is CNc1nnc(C(=O)Nc2c(Cl)cccc2C(F)(F)F)s1. The van der Waals surface area contributed by atoms with Crippen molar-refractivity contribution in [2.24, 2.45) is 0 Å². The Balaban J connectivity index is 2.33. The van der Waals surface area contributed by atoms with Crippen molar-refractivity contribution in [3.8, 4) is 0 Å². The number of amides is 1. The Morgan fingerprint density at radius 1 is 1.33 bits per heavy atom. The maximum Gasteiger partial charge on any atom is 0.418 e. The molecule has 0 aliphatic rings. The van der Waals surface area contributed by atoms with Gasteiger partial charge >= 0.3 is 6.18 Å². The second kappa shape index (κ2) is 5.86. The highest BCUT2D eigenvalue weighted by atomic mass is 35.5. The average molecular weight is 337 g/mol. The van der Waals surface area contributed by atoms with E-state index in [4.69, 9.17) is 11.6 Å². The van der Waals surface area contributed by atoms with Gasteiger partial charge < -0.3 is 10.6 Å². The summed E-state index contributed by atoms with van der Waals surface area (Å²) < 4.78 is 38.7. The molecule has 1 aromatic heterocycles. The fraction of sp³-hybridized carbons (Fsp3) is 0.182. The number of nitrogens with zero attached hydrogens (tertiary/aromatic N) is 2. The molecule has 112 valence electrons. The molecule has 0 saturated carbocycles. The minimum absolute atomic E-state index is 0.0765. The van der Waals surface area contributed by atoms with E-state index in [1.54, 1.807) is 7.05 Å². The van der Waals surface area contributed by atoms with Crippen LogP contribution in [0, 0.1) is 0 Å². The molecule has 2 N–H and O–H groups in total. The van der Waals surface area contributed by atoms with Gasteiger partial charge in [-0.15, -0.1) is 10.2 Å². The summed E-state index contributed by atoms with van der Waals surface area (Å²) in [6.07, 6.45) is -4.63. The Bertz CT molecular complexity index is 674. The van der Waals surface area contributed by atoms with Crippen LogP contribution in [-0.2, 0) is 6.18 Å². The van der Waals surface area contributed by atoms with Crippen LogP contribution in [0.25, 0.3) is 0 Å². The largest absolute Gasteiger partial charge is 0.418 e. The lowest BCUT2D eigenvalue weighted by Gasteiger charge is -2.14. The smallest absolute Gasteiger partial charge is 0.363 e. The van der Waals surface area contributed by atoms with Crippen LogP contribution in [0.2, 0.25) is 5.02 Å². The molecule has 0 aliphatic carbocycles. The standard InChI is InChI=1S/C11H8ClF3N4OS/c1-16-10-19-18-9(21-10)8(20)17-7-5(11(13,14)15)3-2-4-6(7)12/h2-4H,1H3,(H,16,19)(H,17,20). The van der Waals surface area contributed by atoms with Gasteiger partial charge in [-0.25, -0.2) is 0 Å².